The second kappa shape index (κ2) is 11.2. The highest BCUT2D eigenvalue weighted by Gasteiger charge is 2.06. The largest absolute Gasteiger partial charge is 0.399 e. The topological polar surface area (TPSA) is 104 Å². The minimum atomic E-state index is 0.849. The van der Waals surface area contributed by atoms with Crippen molar-refractivity contribution in [1.82, 2.24) is 0 Å². The molecule has 4 heteroatoms. The van der Waals surface area contributed by atoms with E-state index in [1.54, 1.807) is 0 Å². The third kappa shape index (κ3) is 6.60. The predicted molar refractivity (Wildman–Crippen MR) is 157 cm³/mol. The summed E-state index contributed by atoms with van der Waals surface area (Å²) >= 11 is 0. The lowest BCUT2D eigenvalue weighted by molar-refractivity contribution is 1.15. The average Bonchev–Trinajstić information content (AvgIpc) is 2.81. The second-order valence-corrected chi connectivity index (χ2v) is 10.0. The first-order valence-corrected chi connectivity index (χ1v) is 12.4. The molecule has 8 N–H and O–H groups in total. The van der Waals surface area contributed by atoms with Crippen molar-refractivity contribution in [2.75, 3.05) is 22.9 Å². The fourth-order valence-corrected chi connectivity index (χ4v) is 4.50. The molecule has 0 saturated carbocycles. The Morgan fingerprint density at radius 3 is 0.972 bits per heavy atom. The summed E-state index contributed by atoms with van der Waals surface area (Å²) in [6.07, 6.45) is 1.84. The molecule has 0 unspecified atom stereocenters. The SMILES string of the molecule is Cc1cc(Cc2cc(C)c(N)c(C)c2)cc(C)c1N.Cc1cc(Cc2ccc(N)c(C)c2)ccc1N. The molecule has 0 spiro atoms. The van der Waals surface area contributed by atoms with Crippen LogP contribution in [0.25, 0.3) is 0 Å². The van der Waals surface area contributed by atoms with E-state index in [4.69, 9.17) is 22.9 Å². The van der Waals surface area contributed by atoms with Crippen LogP contribution in [0, 0.1) is 41.5 Å². The summed E-state index contributed by atoms with van der Waals surface area (Å²) < 4.78 is 0. The van der Waals surface area contributed by atoms with Crippen LogP contribution in [0.2, 0.25) is 0 Å². The van der Waals surface area contributed by atoms with Crippen molar-refractivity contribution in [2.45, 2.75) is 54.4 Å². The summed E-state index contributed by atoms with van der Waals surface area (Å²) in [7, 11) is 0. The summed E-state index contributed by atoms with van der Waals surface area (Å²) in [5.74, 6) is 0. The van der Waals surface area contributed by atoms with Gasteiger partial charge in [0.15, 0.2) is 0 Å². The van der Waals surface area contributed by atoms with Crippen molar-refractivity contribution in [1.29, 1.82) is 0 Å². The Morgan fingerprint density at radius 2 is 0.667 bits per heavy atom. The van der Waals surface area contributed by atoms with Gasteiger partial charge in [-0.3, -0.25) is 0 Å². The van der Waals surface area contributed by atoms with Crippen LogP contribution in [0.4, 0.5) is 22.7 Å². The van der Waals surface area contributed by atoms with E-state index in [9.17, 15) is 0 Å². The number of hydrogen-bond donors (Lipinski definition) is 4. The number of rotatable bonds is 4. The van der Waals surface area contributed by atoms with Gasteiger partial charge in [-0.1, -0.05) is 48.5 Å². The molecule has 4 aromatic carbocycles. The fraction of sp³-hybridized carbons (Fsp3) is 0.250. The summed E-state index contributed by atoms with van der Waals surface area (Å²) in [4.78, 5) is 0. The minimum absolute atomic E-state index is 0.849. The lowest BCUT2D eigenvalue weighted by Gasteiger charge is -2.11. The predicted octanol–water partition coefficient (Wildman–Crippen LogP) is 6.73. The third-order valence-electron chi connectivity index (χ3n) is 6.79. The van der Waals surface area contributed by atoms with Gasteiger partial charge in [0.1, 0.15) is 0 Å². The van der Waals surface area contributed by atoms with Gasteiger partial charge in [-0.2, -0.15) is 0 Å². The van der Waals surface area contributed by atoms with Crippen LogP contribution in [0.1, 0.15) is 55.6 Å². The quantitative estimate of drug-likeness (QED) is 0.243. The second-order valence-electron chi connectivity index (χ2n) is 10.0. The van der Waals surface area contributed by atoms with Crippen LogP contribution in [-0.4, -0.2) is 0 Å². The van der Waals surface area contributed by atoms with Crippen molar-refractivity contribution in [3.05, 3.63) is 116 Å². The molecule has 0 aliphatic heterocycles. The van der Waals surface area contributed by atoms with Crippen molar-refractivity contribution in [3.8, 4) is 0 Å². The van der Waals surface area contributed by atoms with Gasteiger partial charge in [0, 0.05) is 22.7 Å². The van der Waals surface area contributed by atoms with Gasteiger partial charge in [-0.25, -0.2) is 0 Å². The molecule has 4 nitrogen and oxygen atoms in total. The van der Waals surface area contributed by atoms with Gasteiger partial charge in [0.25, 0.3) is 0 Å². The normalized spacial score (nSPS) is 10.6. The molecule has 0 fully saturated rings. The zero-order valence-corrected chi connectivity index (χ0v) is 22.5. The average molecular weight is 481 g/mol. The number of anilines is 4. The maximum Gasteiger partial charge on any atom is 0.0373 e. The van der Waals surface area contributed by atoms with Gasteiger partial charge in [0.05, 0.1) is 0 Å². The maximum absolute atomic E-state index is 6.00. The molecule has 0 radical (unpaired) electrons. The Morgan fingerprint density at radius 1 is 0.389 bits per heavy atom. The van der Waals surface area contributed by atoms with Crippen molar-refractivity contribution in [2.24, 2.45) is 0 Å². The summed E-state index contributed by atoms with van der Waals surface area (Å²) in [5.41, 5.74) is 39.1. The van der Waals surface area contributed by atoms with Crippen LogP contribution in [0.3, 0.4) is 0 Å². The molecule has 4 aromatic rings. The molecule has 0 bridgehead atoms. The number of aryl methyl sites for hydroxylation is 6. The van der Waals surface area contributed by atoms with Crippen LogP contribution < -0.4 is 22.9 Å². The number of hydrogen-bond acceptors (Lipinski definition) is 4. The summed E-state index contributed by atoms with van der Waals surface area (Å²) in [6.45, 7) is 12.3. The van der Waals surface area contributed by atoms with Crippen LogP contribution in [-0.2, 0) is 12.8 Å². The lowest BCUT2D eigenvalue weighted by atomic mass is 9.96. The fourth-order valence-electron chi connectivity index (χ4n) is 4.50. The zero-order chi connectivity index (χ0) is 26.6. The molecule has 0 amide bonds. The molecule has 188 valence electrons. The van der Waals surface area contributed by atoms with E-state index in [2.05, 4.69) is 76.2 Å². The van der Waals surface area contributed by atoms with E-state index in [1.165, 1.54) is 22.3 Å². The molecule has 0 heterocycles. The highest BCUT2D eigenvalue weighted by atomic mass is 14.6. The Balaban J connectivity index is 0.000000202. The molecular formula is C32H40N4. The Bertz CT molecular complexity index is 1230. The number of nitrogen functional groups attached to an aromatic ring is 4. The van der Waals surface area contributed by atoms with Gasteiger partial charge in [-0.05, 0) is 122 Å². The molecule has 0 atom stereocenters. The maximum atomic E-state index is 6.00. The first kappa shape index (κ1) is 26.7. The first-order chi connectivity index (χ1) is 16.9. The summed E-state index contributed by atoms with van der Waals surface area (Å²) in [5, 5.41) is 0. The first-order valence-electron chi connectivity index (χ1n) is 12.4. The van der Waals surface area contributed by atoms with E-state index in [0.29, 0.717) is 0 Å². The molecule has 0 aliphatic carbocycles. The standard InChI is InChI=1S/C17H22N2.C15H18N2/c1-10-5-14(6-11(2)16(10)18)9-15-7-12(3)17(19)13(4)8-15;1-10-7-12(3-5-14(10)16)9-13-4-6-15(17)11(2)8-13/h5-8H,9,18-19H2,1-4H3;3-8H,9,16-17H2,1-2H3. The van der Waals surface area contributed by atoms with E-state index in [0.717, 1.165) is 69.0 Å². The third-order valence-corrected chi connectivity index (χ3v) is 6.79. The van der Waals surface area contributed by atoms with Gasteiger partial charge in [-0.15, -0.1) is 0 Å². The smallest absolute Gasteiger partial charge is 0.0373 e. The van der Waals surface area contributed by atoms with E-state index < -0.39 is 0 Å². The van der Waals surface area contributed by atoms with E-state index >= 15 is 0 Å². The Hall–Kier alpha value is -3.92. The van der Waals surface area contributed by atoms with Crippen molar-refractivity contribution >= 4 is 22.7 Å². The number of nitrogens with two attached hydrogens (primary N) is 4. The van der Waals surface area contributed by atoms with E-state index in [-0.39, 0.29) is 0 Å². The van der Waals surface area contributed by atoms with Crippen molar-refractivity contribution in [3.63, 3.8) is 0 Å². The molecule has 0 aliphatic rings. The van der Waals surface area contributed by atoms with Gasteiger partial charge in [0.2, 0.25) is 0 Å². The molecular weight excluding hydrogens is 440 g/mol. The summed E-state index contributed by atoms with van der Waals surface area (Å²) in [6, 6.07) is 21.0. The van der Waals surface area contributed by atoms with Crippen molar-refractivity contribution < 1.29 is 0 Å². The lowest BCUT2D eigenvalue weighted by Crippen LogP contribution is -1.99. The highest BCUT2D eigenvalue weighted by Crippen LogP contribution is 2.24. The number of benzene rings is 4. The molecule has 0 aromatic heterocycles. The van der Waals surface area contributed by atoms with E-state index in [1.807, 2.05) is 26.0 Å². The Labute approximate surface area is 216 Å². The van der Waals surface area contributed by atoms with Gasteiger partial charge >= 0.3 is 0 Å². The van der Waals surface area contributed by atoms with Crippen LogP contribution in [0.15, 0.2) is 60.7 Å². The van der Waals surface area contributed by atoms with Crippen LogP contribution >= 0.6 is 0 Å². The van der Waals surface area contributed by atoms with Gasteiger partial charge < -0.3 is 22.9 Å². The monoisotopic (exact) mass is 480 g/mol. The minimum Gasteiger partial charge on any atom is -0.399 e. The highest BCUT2D eigenvalue weighted by molar-refractivity contribution is 5.57. The zero-order valence-electron chi connectivity index (χ0n) is 22.5. The molecule has 4 rings (SSSR count). The molecule has 0 saturated heterocycles. The molecule has 36 heavy (non-hydrogen) atoms. The van der Waals surface area contributed by atoms with Crippen LogP contribution in [0.5, 0.6) is 0 Å². The Kier molecular flexibility index (Phi) is 8.31.